The summed E-state index contributed by atoms with van der Waals surface area (Å²) in [7, 11) is 0. The molecule has 18 heavy (non-hydrogen) atoms. The fourth-order valence-electron chi connectivity index (χ4n) is 2.12. The van der Waals surface area contributed by atoms with E-state index in [0.717, 1.165) is 10.9 Å². The first kappa shape index (κ1) is 15.7. The summed E-state index contributed by atoms with van der Waals surface area (Å²) in [6.07, 6.45) is 1.08. The number of hydrogen-bond acceptors (Lipinski definition) is 2. The van der Waals surface area contributed by atoms with Gasteiger partial charge in [0.2, 0.25) is 0 Å². The second kappa shape index (κ2) is 6.69. The minimum atomic E-state index is -0.432. The van der Waals surface area contributed by atoms with Crippen LogP contribution in [0.2, 0.25) is 0 Å². The van der Waals surface area contributed by atoms with E-state index in [9.17, 15) is 5.11 Å². The van der Waals surface area contributed by atoms with Crippen LogP contribution in [0.15, 0.2) is 16.6 Å². The van der Waals surface area contributed by atoms with Crippen molar-refractivity contribution in [2.24, 2.45) is 5.73 Å². The van der Waals surface area contributed by atoms with E-state index >= 15 is 0 Å². The van der Waals surface area contributed by atoms with Gasteiger partial charge in [-0.05, 0) is 55.4 Å². The van der Waals surface area contributed by atoms with Crippen LogP contribution in [0.5, 0.6) is 0 Å². The highest BCUT2D eigenvalue weighted by Crippen LogP contribution is 2.31. The Kier molecular flexibility index (Phi) is 5.83. The number of aliphatic hydroxyl groups is 1. The van der Waals surface area contributed by atoms with Gasteiger partial charge in [-0.15, -0.1) is 0 Å². The Bertz CT molecular complexity index is 406. The summed E-state index contributed by atoms with van der Waals surface area (Å²) in [5, 5.41) is 10.0. The lowest BCUT2D eigenvalue weighted by Gasteiger charge is -2.22. The van der Waals surface area contributed by atoms with Crippen molar-refractivity contribution >= 4 is 15.9 Å². The minimum absolute atomic E-state index is 0.127. The van der Waals surface area contributed by atoms with Crippen molar-refractivity contribution in [1.29, 1.82) is 0 Å². The molecule has 3 heteroatoms. The maximum Gasteiger partial charge on any atom is 0.0696 e. The number of rotatable bonds is 5. The van der Waals surface area contributed by atoms with Crippen molar-refractivity contribution in [1.82, 2.24) is 0 Å². The Morgan fingerprint density at radius 1 is 1.28 bits per heavy atom. The third-order valence-corrected chi connectivity index (χ3v) is 4.39. The monoisotopic (exact) mass is 313 g/mol. The fourth-order valence-corrected chi connectivity index (χ4v) is 2.97. The number of nitrogens with two attached hydrogens (primary N) is 1. The molecule has 102 valence electrons. The molecule has 1 aromatic rings. The Labute approximate surface area is 119 Å². The van der Waals surface area contributed by atoms with Gasteiger partial charge >= 0.3 is 0 Å². The first-order valence-electron chi connectivity index (χ1n) is 6.57. The maximum absolute atomic E-state index is 10.0. The molecule has 0 saturated heterocycles. The molecule has 0 spiro atoms. The number of hydrogen-bond donors (Lipinski definition) is 2. The molecular weight excluding hydrogens is 290 g/mol. The zero-order valence-corrected chi connectivity index (χ0v) is 13.3. The van der Waals surface area contributed by atoms with Gasteiger partial charge in [0.05, 0.1) is 6.10 Å². The molecule has 0 saturated carbocycles. The van der Waals surface area contributed by atoms with Crippen molar-refractivity contribution in [3.8, 4) is 0 Å². The SMILES string of the molecule is CCC(N)C(O)CC(C)c1cc(C)c(C)cc1Br. The summed E-state index contributed by atoms with van der Waals surface area (Å²) in [6.45, 7) is 8.37. The third kappa shape index (κ3) is 3.81. The molecule has 1 rings (SSSR count). The van der Waals surface area contributed by atoms with Gasteiger partial charge in [0.1, 0.15) is 0 Å². The van der Waals surface area contributed by atoms with E-state index < -0.39 is 6.10 Å². The molecule has 3 N–H and O–H groups in total. The van der Waals surface area contributed by atoms with E-state index in [1.165, 1.54) is 16.7 Å². The zero-order valence-electron chi connectivity index (χ0n) is 11.7. The van der Waals surface area contributed by atoms with Gasteiger partial charge in [0.25, 0.3) is 0 Å². The quantitative estimate of drug-likeness (QED) is 0.871. The van der Waals surface area contributed by atoms with Crippen LogP contribution < -0.4 is 5.73 Å². The van der Waals surface area contributed by atoms with Crippen LogP contribution in [-0.4, -0.2) is 17.3 Å². The molecule has 0 radical (unpaired) electrons. The first-order valence-corrected chi connectivity index (χ1v) is 7.36. The van der Waals surface area contributed by atoms with Crippen molar-refractivity contribution in [2.75, 3.05) is 0 Å². The molecule has 0 fully saturated rings. The standard InChI is InChI=1S/C15H24BrNO/c1-5-14(17)15(18)8-11(4)12-6-9(2)10(3)7-13(12)16/h6-7,11,14-15,18H,5,8,17H2,1-4H3. The lowest BCUT2D eigenvalue weighted by atomic mass is 9.90. The summed E-state index contributed by atoms with van der Waals surface area (Å²) in [5.41, 5.74) is 9.69. The normalized spacial score (nSPS) is 16.4. The van der Waals surface area contributed by atoms with Gasteiger partial charge in [-0.2, -0.15) is 0 Å². The van der Waals surface area contributed by atoms with Crippen LogP contribution in [0, 0.1) is 13.8 Å². The van der Waals surface area contributed by atoms with Gasteiger partial charge in [-0.3, -0.25) is 0 Å². The highest BCUT2D eigenvalue weighted by atomic mass is 79.9. The number of halogens is 1. The van der Waals surface area contributed by atoms with E-state index in [4.69, 9.17) is 5.73 Å². The summed E-state index contributed by atoms with van der Waals surface area (Å²) in [4.78, 5) is 0. The average molecular weight is 314 g/mol. The zero-order chi connectivity index (χ0) is 13.9. The van der Waals surface area contributed by atoms with E-state index in [0.29, 0.717) is 12.3 Å². The van der Waals surface area contributed by atoms with Gasteiger partial charge in [-0.25, -0.2) is 0 Å². The molecule has 3 atom stereocenters. The number of aliphatic hydroxyl groups excluding tert-OH is 1. The minimum Gasteiger partial charge on any atom is -0.391 e. The van der Waals surface area contributed by atoms with E-state index in [1.807, 2.05) is 6.92 Å². The molecule has 0 amide bonds. The molecule has 0 aliphatic carbocycles. The predicted octanol–water partition coefficient (Wildman–Crippen LogP) is 3.66. The summed E-state index contributed by atoms with van der Waals surface area (Å²) in [5.74, 6) is 0.297. The van der Waals surface area contributed by atoms with E-state index in [1.54, 1.807) is 0 Å². The van der Waals surface area contributed by atoms with Crippen molar-refractivity contribution in [2.45, 2.75) is 58.6 Å². The van der Waals surface area contributed by atoms with Crippen molar-refractivity contribution in [3.63, 3.8) is 0 Å². The van der Waals surface area contributed by atoms with Crippen LogP contribution in [0.25, 0.3) is 0 Å². The smallest absolute Gasteiger partial charge is 0.0696 e. The molecule has 0 aromatic heterocycles. The molecule has 0 bridgehead atoms. The van der Waals surface area contributed by atoms with Crippen LogP contribution >= 0.6 is 15.9 Å². The lowest BCUT2D eigenvalue weighted by molar-refractivity contribution is 0.126. The first-order chi connectivity index (χ1) is 8.36. The Morgan fingerprint density at radius 3 is 2.39 bits per heavy atom. The predicted molar refractivity (Wildman–Crippen MR) is 80.9 cm³/mol. The van der Waals surface area contributed by atoms with Crippen molar-refractivity contribution in [3.05, 3.63) is 33.3 Å². The largest absolute Gasteiger partial charge is 0.391 e. The van der Waals surface area contributed by atoms with Gasteiger partial charge in [-0.1, -0.05) is 35.8 Å². The molecule has 0 heterocycles. The highest BCUT2D eigenvalue weighted by molar-refractivity contribution is 9.10. The Morgan fingerprint density at radius 2 is 1.83 bits per heavy atom. The van der Waals surface area contributed by atoms with Crippen LogP contribution in [0.3, 0.4) is 0 Å². The fraction of sp³-hybridized carbons (Fsp3) is 0.600. The molecule has 0 aliphatic heterocycles. The van der Waals surface area contributed by atoms with Crippen LogP contribution in [0.1, 0.15) is 49.3 Å². The molecule has 3 unspecified atom stereocenters. The second-order valence-corrected chi connectivity index (χ2v) is 6.09. The highest BCUT2D eigenvalue weighted by Gasteiger charge is 2.19. The molecular formula is C15H24BrNO. The number of benzene rings is 1. The Balaban J connectivity index is 2.84. The lowest BCUT2D eigenvalue weighted by Crippen LogP contribution is -2.34. The van der Waals surface area contributed by atoms with E-state index in [-0.39, 0.29) is 6.04 Å². The summed E-state index contributed by atoms with van der Waals surface area (Å²) in [6, 6.07) is 4.22. The second-order valence-electron chi connectivity index (χ2n) is 5.23. The summed E-state index contributed by atoms with van der Waals surface area (Å²) < 4.78 is 1.12. The average Bonchev–Trinajstić information content (AvgIpc) is 2.32. The molecule has 1 aromatic carbocycles. The van der Waals surface area contributed by atoms with Gasteiger partial charge in [0, 0.05) is 10.5 Å². The summed E-state index contributed by atoms with van der Waals surface area (Å²) >= 11 is 3.61. The van der Waals surface area contributed by atoms with E-state index in [2.05, 4.69) is 48.8 Å². The molecule has 2 nitrogen and oxygen atoms in total. The third-order valence-electron chi connectivity index (χ3n) is 3.70. The van der Waals surface area contributed by atoms with Crippen LogP contribution in [-0.2, 0) is 0 Å². The topological polar surface area (TPSA) is 46.2 Å². The Hall–Kier alpha value is -0.380. The molecule has 0 aliphatic rings. The maximum atomic E-state index is 10.0. The van der Waals surface area contributed by atoms with Gasteiger partial charge < -0.3 is 10.8 Å². The van der Waals surface area contributed by atoms with Gasteiger partial charge in [0.15, 0.2) is 0 Å². The van der Waals surface area contributed by atoms with Crippen LogP contribution in [0.4, 0.5) is 0 Å². The number of aryl methyl sites for hydroxylation is 2. The van der Waals surface area contributed by atoms with Crippen molar-refractivity contribution < 1.29 is 5.11 Å².